The van der Waals surface area contributed by atoms with Crippen molar-refractivity contribution >= 4 is 5.97 Å². The maximum absolute atomic E-state index is 12.4. The molecule has 0 saturated heterocycles. The van der Waals surface area contributed by atoms with Crippen LogP contribution in [0.4, 0.5) is 0 Å². The quantitative estimate of drug-likeness (QED) is 0.561. The molecule has 2 rings (SSSR count). The summed E-state index contributed by atoms with van der Waals surface area (Å²) in [6, 6.07) is 9.65. The molecule has 0 amide bonds. The number of carbonyl (C=O) groups excluding carboxylic acids is 1. The van der Waals surface area contributed by atoms with Crippen molar-refractivity contribution in [2.24, 2.45) is 5.92 Å². The van der Waals surface area contributed by atoms with E-state index in [-0.39, 0.29) is 5.97 Å². The van der Waals surface area contributed by atoms with Gasteiger partial charge in [-0.2, -0.15) is 0 Å². The Balaban J connectivity index is 2.11. The molecule has 1 saturated carbocycles. The van der Waals surface area contributed by atoms with E-state index in [4.69, 9.17) is 9.47 Å². The van der Waals surface area contributed by atoms with Crippen LogP contribution in [0.2, 0.25) is 0 Å². The summed E-state index contributed by atoms with van der Waals surface area (Å²) < 4.78 is 10.8. The van der Waals surface area contributed by atoms with Crippen LogP contribution < -0.4 is 5.32 Å². The van der Waals surface area contributed by atoms with E-state index in [1.54, 1.807) is 0 Å². The second-order valence-corrected chi connectivity index (χ2v) is 5.58. The van der Waals surface area contributed by atoms with Crippen molar-refractivity contribution in [2.75, 3.05) is 26.9 Å². The Kier molecular flexibility index (Phi) is 5.76. The van der Waals surface area contributed by atoms with Crippen LogP contribution in [0.3, 0.4) is 0 Å². The van der Waals surface area contributed by atoms with Crippen molar-refractivity contribution < 1.29 is 14.3 Å². The van der Waals surface area contributed by atoms with Crippen molar-refractivity contribution in [1.82, 2.24) is 5.32 Å². The molecule has 0 aromatic heterocycles. The Bertz CT molecular complexity index is 445. The number of esters is 1. The maximum Gasteiger partial charge on any atom is 0.333 e. The first-order valence-electron chi connectivity index (χ1n) is 7.69. The molecular weight excluding hydrogens is 266 g/mol. The van der Waals surface area contributed by atoms with Crippen LogP contribution >= 0.6 is 0 Å². The number of hydrogen-bond donors (Lipinski definition) is 1. The number of benzene rings is 1. The number of methoxy groups -OCH3 is 1. The van der Waals surface area contributed by atoms with Gasteiger partial charge in [-0.25, -0.2) is 4.79 Å². The van der Waals surface area contributed by atoms with E-state index in [0.717, 1.165) is 17.9 Å². The molecule has 1 aliphatic carbocycles. The molecule has 1 aromatic carbocycles. The second-order valence-electron chi connectivity index (χ2n) is 5.58. The average molecular weight is 291 g/mol. The number of nitrogens with one attached hydrogen (secondary N) is 1. The van der Waals surface area contributed by atoms with Crippen LogP contribution in [0.25, 0.3) is 0 Å². The van der Waals surface area contributed by atoms with Crippen molar-refractivity contribution in [3.8, 4) is 0 Å². The second kappa shape index (κ2) is 7.57. The van der Waals surface area contributed by atoms with Gasteiger partial charge in [0.15, 0.2) is 5.54 Å². The third-order valence-corrected chi connectivity index (χ3v) is 3.96. The van der Waals surface area contributed by atoms with E-state index >= 15 is 0 Å². The molecule has 0 aliphatic heterocycles. The molecule has 0 bridgehead atoms. The first-order valence-corrected chi connectivity index (χ1v) is 7.69. The van der Waals surface area contributed by atoms with Gasteiger partial charge in [0.05, 0.1) is 13.7 Å². The number of rotatable bonds is 9. The van der Waals surface area contributed by atoms with Crippen LogP contribution in [0, 0.1) is 5.92 Å². The predicted octanol–water partition coefficient (Wildman–Crippen LogP) is 2.48. The predicted molar refractivity (Wildman–Crippen MR) is 82.0 cm³/mol. The molecule has 1 unspecified atom stereocenters. The number of carbonyl (C=O) groups is 1. The summed E-state index contributed by atoms with van der Waals surface area (Å²) in [5.41, 5.74) is -0.0426. The molecule has 116 valence electrons. The smallest absolute Gasteiger partial charge is 0.333 e. The van der Waals surface area contributed by atoms with Crippen LogP contribution in [-0.2, 0) is 19.8 Å². The van der Waals surface area contributed by atoms with E-state index < -0.39 is 5.54 Å². The fourth-order valence-corrected chi connectivity index (χ4v) is 2.57. The van der Waals surface area contributed by atoms with Crippen molar-refractivity contribution in [3.63, 3.8) is 0 Å². The first kappa shape index (κ1) is 16.0. The monoisotopic (exact) mass is 291 g/mol. The van der Waals surface area contributed by atoms with Gasteiger partial charge >= 0.3 is 5.97 Å². The summed E-state index contributed by atoms with van der Waals surface area (Å²) >= 11 is 0. The molecule has 0 heterocycles. The topological polar surface area (TPSA) is 47.6 Å². The molecule has 0 radical (unpaired) electrons. The third kappa shape index (κ3) is 4.05. The highest BCUT2D eigenvalue weighted by molar-refractivity contribution is 5.82. The van der Waals surface area contributed by atoms with Gasteiger partial charge in [-0.05, 0) is 24.4 Å². The lowest BCUT2D eigenvalue weighted by atomic mass is 9.90. The lowest BCUT2D eigenvalue weighted by molar-refractivity contribution is -0.152. The van der Waals surface area contributed by atoms with Gasteiger partial charge in [-0.15, -0.1) is 0 Å². The van der Waals surface area contributed by atoms with E-state index in [0.29, 0.717) is 19.8 Å². The number of likely N-dealkylation sites (N-methyl/N-ethyl adjacent to an activating group) is 1. The lowest BCUT2D eigenvalue weighted by Gasteiger charge is -2.32. The van der Waals surface area contributed by atoms with Crippen LogP contribution in [0.15, 0.2) is 30.3 Å². The largest absolute Gasteiger partial charge is 0.467 e. The molecule has 1 aliphatic rings. The Morgan fingerprint density at radius 2 is 2.05 bits per heavy atom. The number of hydrogen-bond acceptors (Lipinski definition) is 4. The zero-order valence-corrected chi connectivity index (χ0v) is 12.9. The Morgan fingerprint density at radius 1 is 1.33 bits per heavy atom. The molecular formula is C17H25NO3. The minimum absolute atomic E-state index is 0.296. The maximum atomic E-state index is 12.4. The summed E-state index contributed by atoms with van der Waals surface area (Å²) in [7, 11) is 1.42. The van der Waals surface area contributed by atoms with Gasteiger partial charge in [0.25, 0.3) is 0 Å². The highest BCUT2D eigenvalue weighted by Gasteiger charge is 2.41. The summed E-state index contributed by atoms with van der Waals surface area (Å²) in [5.74, 6) is 0.523. The van der Waals surface area contributed by atoms with Gasteiger partial charge in [-0.1, -0.05) is 50.1 Å². The van der Waals surface area contributed by atoms with E-state index in [2.05, 4.69) is 5.32 Å². The number of ether oxygens (including phenoxy) is 2. The van der Waals surface area contributed by atoms with Crippen LogP contribution in [0.1, 0.15) is 31.7 Å². The van der Waals surface area contributed by atoms with Gasteiger partial charge in [0, 0.05) is 6.61 Å². The Hall–Kier alpha value is -1.39. The Labute approximate surface area is 126 Å². The third-order valence-electron chi connectivity index (χ3n) is 3.96. The summed E-state index contributed by atoms with van der Waals surface area (Å²) in [4.78, 5) is 12.4. The normalized spacial score (nSPS) is 17.2. The zero-order chi connectivity index (χ0) is 15.1. The molecule has 0 spiro atoms. The summed E-state index contributed by atoms with van der Waals surface area (Å²) in [6.45, 7) is 3.63. The van der Waals surface area contributed by atoms with Gasteiger partial charge in [0.1, 0.15) is 0 Å². The highest BCUT2D eigenvalue weighted by atomic mass is 16.5. The SMILES string of the molecule is CCNC(COCCC1CC1)(C(=O)OC)c1ccccc1. The molecule has 1 fully saturated rings. The van der Waals surface area contributed by atoms with E-state index in [1.165, 1.54) is 20.0 Å². The molecule has 1 aromatic rings. The van der Waals surface area contributed by atoms with E-state index in [1.807, 2.05) is 37.3 Å². The van der Waals surface area contributed by atoms with Crippen molar-refractivity contribution in [1.29, 1.82) is 0 Å². The van der Waals surface area contributed by atoms with Crippen molar-refractivity contribution in [2.45, 2.75) is 31.7 Å². The van der Waals surface area contributed by atoms with Gasteiger partial charge < -0.3 is 9.47 Å². The first-order chi connectivity index (χ1) is 10.2. The van der Waals surface area contributed by atoms with Crippen LogP contribution in [-0.4, -0.2) is 32.8 Å². The molecule has 1 atom stereocenters. The van der Waals surface area contributed by atoms with E-state index in [9.17, 15) is 4.79 Å². The van der Waals surface area contributed by atoms with Gasteiger partial charge in [-0.3, -0.25) is 5.32 Å². The summed E-state index contributed by atoms with van der Waals surface area (Å²) in [6.07, 6.45) is 3.72. The fraction of sp³-hybridized carbons (Fsp3) is 0.588. The molecule has 21 heavy (non-hydrogen) atoms. The van der Waals surface area contributed by atoms with Gasteiger partial charge in [0.2, 0.25) is 0 Å². The standard InChI is InChI=1S/C17H25NO3/c1-3-18-17(16(19)20-2,15-7-5-4-6-8-15)13-21-12-11-14-9-10-14/h4-8,14,18H,3,9-13H2,1-2H3. The zero-order valence-electron chi connectivity index (χ0n) is 12.9. The minimum atomic E-state index is -0.922. The molecule has 4 heteroatoms. The van der Waals surface area contributed by atoms with Crippen molar-refractivity contribution in [3.05, 3.63) is 35.9 Å². The van der Waals surface area contributed by atoms with Crippen LogP contribution in [0.5, 0.6) is 0 Å². The summed E-state index contributed by atoms with van der Waals surface area (Å²) in [5, 5.41) is 3.27. The lowest BCUT2D eigenvalue weighted by Crippen LogP contribution is -2.53. The highest BCUT2D eigenvalue weighted by Crippen LogP contribution is 2.32. The molecule has 1 N–H and O–H groups in total. The molecule has 4 nitrogen and oxygen atoms in total. The minimum Gasteiger partial charge on any atom is -0.467 e. The Morgan fingerprint density at radius 3 is 2.62 bits per heavy atom. The fourth-order valence-electron chi connectivity index (χ4n) is 2.57. The average Bonchev–Trinajstić information content (AvgIpc) is 3.34.